The molecule has 3 rings (SSSR count). The van der Waals surface area contributed by atoms with Gasteiger partial charge in [0, 0.05) is 12.0 Å². The molecular weight excluding hydrogens is 384 g/mol. The Morgan fingerprint density at radius 2 is 1.76 bits per heavy atom. The van der Waals surface area contributed by atoms with Gasteiger partial charge in [0.2, 0.25) is 0 Å². The Morgan fingerprint density at radius 3 is 2.45 bits per heavy atom. The van der Waals surface area contributed by atoms with Crippen LogP contribution in [0.25, 0.3) is 6.08 Å². The van der Waals surface area contributed by atoms with Crippen LogP contribution in [-0.2, 0) is 4.79 Å². The lowest BCUT2D eigenvalue weighted by Gasteiger charge is -2.12. The van der Waals surface area contributed by atoms with Gasteiger partial charge in [-0.3, -0.25) is 10.1 Å². The van der Waals surface area contributed by atoms with Crippen molar-refractivity contribution < 1.29 is 14.3 Å². The molecule has 1 heterocycles. The topological polar surface area (TPSA) is 59.6 Å². The Kier molecular flexibility index (Phi) is 7.25. The van der Waals surface area contributed by atoms with Crippen molar-refractivity contribution in [2.75, 3.05) is 13.2 Å². The lowest BCUT2D eigenvalue weighted by molar-refractivity contribution is -0.115. The average Bonchev–Trinajstić information content (AvgIpc) is 3.05. The van der Waals surface area contributed by atoms with Crippen molar-refractivity contribution in [2.24, 2.45) is 0 Å². The van der Waals surface area contributed by atoms with Crippen LogP contribution < -0.4 is 20.1 Å². The molecule has 0 aliphatic carbocycles. The van der Waals surface area contributed by atoms with E-state index in [0.29, 0.717) is 35.7 Å². The smallest absolute Gasteiger partial charge is 0.273 e. The van der Waals surface area contributed by atoms with Crippen LogP contribution in [-0.4, -0.2) is 24.2 Å². The summed E-state index contributed by atoms with van der Waals surface area (Å²) in [7, 11) is 0. The highest BCUT2D eigenvalue weighted by molar-refractivity contribution is 7.80. The largest absolute Gasteiger partial charge is 0.493 e. The van der Waals surface area contributed by atoms with Gasteiger partial charge in [-0.2, -0.15) is 0 Å². The van der Waals surface area contributed by atoms with Crippen LogP contribution in [0.4, 0.5) is 0 Å². The zero-order valence-electron chi connectivity index (χ0n) is 16.7. The average molecular weight is 411 g/mol. The predicted molar refractivity (Wildman–Crippen MR) is 119 cm³/mol. The van der Waals surface area contributed by atoms with Crippen molar-refractivity contribution in [2.45, 2.75) is 32.6 Å². The molecule has 1 atom stereocenters. The Morgan fingerprint density at radius 1 is 1.03 bits per heavy atom. The number of rotatable bonds is 9. The van der Waals surface area contributed by atoms with Gasteiger partial charge in [-0.1, -0.05) is 44.2 Å². The van der Waals surface area contributed by atoms with Gasteiger partial charge in [0.1, 0.15) is 17.2 Å². The van der Waals surface area contributed by atoms with E-state index >= 15 is 0 Å². The number of hydrogen-bond acceptors (Lipinski definition) is 4. The fraction of sp³-hybridized carbons (Fsp3) is 0.304. The van der Waals surface area contributed by atoms with Gasteiger partial charge in [-0.25, -0.2) is 0 Å². The first-order valence-corrected chi connectivity index (χ1v) is 10.3. The number of amides is 1. The molecule has 1 aliphatic rings. The second-order valence-corrected chi connectivity index (χ2v) is 7.34. The molecule has 1 aliphatic heterocycles. The molecule has 1 saturated heterocycles. The minimum Gasteiger partial charge on any atom is -0.493 e. The molecule has 0 radical (unpaired) electrons. The number of nitrogens with one attached hydrogen (secondary N) is 2. The van der Waals surface area contributed by atoms with Gasteiger partial charge in [0.05, 0.1) is 13.2 Å². The molecule has 6 heteroatoms. The van der Waals surface area contributed by atoms with Crippen LogP contribution in [0.3, 0.4) is 0 Å². The van der Waals surface area contributed by atoms with Gasteiger partial charge in [-0.05, 0) is 54.4 Å². The molecule has 2 aromatic rings. The van der Waals surface area contributed by atoms with E-state index in [4.69, 9.17) is 21.7 Å². The number of hydrogen-bond donors (Lipinski definition) is 2. The number of carbonyl (C=O) groups is 1. The minimum atomic E-state index is -0.238. The second kappa shape index (κ2) is 10.1. The number of thiocarbonyl (C=S) groups is 1. The summed E-state index contributed by atoms with van der Waals surface area (Å²) in [5.74, 6) is 1.91. The van der Waals surface area contributed by atoms with Crippen molar-refractivity contribution in [3.8, 4) is 11.5 Å². The van der Waals surface area contributed by atoms with Crippen LogP contribution >= 0.6 is 12.2 Å². The molecule has 29 heavy (non-hydrogen) atoms. The lowest BCUT2D eigenvalue weighted by Crippen LogP contribution is -2.21. The molecule has 1 amide bonds. The fourth-order valence-electron chi connectivity index (χ4n) is 2.93. The molecule has 5 nitrogen and oxygen atoms in total. The van der Waals surface area contributed by atoms with E-state index in [1.54, 1.807) is 6.08 Å². The molecular formula is C23H26N2O3S. The minimum absolute atomic E-state index is 0.238. The lowest BCUT2D eigenvalue weighted by atomic mass is 9.99. The van der Waals surface area contributed by atoms with Crippen molar-refractivity contribution >= 4 is 29.3 Å². The molecule has 2 N–H and O–H groups in total. The third kappa shape index (κ3) is 5.81. The summed E-state index contributed by atoms with van der Waals surface area (Å²) in [5.41, 5.74) is 2.56. The first kappa shape index (κ1) is 20.9. The number of carbonyl (C=O) groups excluding carboxylic acids is 1. The maximum absolute atomic E-state index is 11.8. The van der Waals surface area contributed by atoms with Crippen LogP contribution in [0.1, 0.15) is 43.7 Å². The summed E-state index contributed by atoms with van der Waals surface area (Å²) in [4.78, 5) is 11.8. The monoisotopic (exact) mass is 410 g/mol. The van der Waals surface area contributed by atoms with Crippen LogP contribution in [0.2, 0.25) is 0 Å². The fourth-order valence-corrected chi connectivity index (χ4v) is 3.13. The highest BCUT2D eigenvalue weighted by Gasteiger charge is 2.20. The highest BCUT2D eigenvalue weighted by atomic mass is 32.1. The molecule has 152 valence electrons. The zero-order chi connectivity index (χ0) is 20.6. The Hall–Kier alpha value is -2.86. The molecule has 1 fully saturated rings. The number of benzene rings is 2. The summed E-state index contributed by atoms with van der Waals surface area (Å²) in [6.45, 7) is 5.51. The van der Waals surface area contributed by atoms with Gasteiger partial charge >= 0.3 is 0 Å². The van der Waals surface area contributed by atoms with E-state index in [0.717, 1.165) is 24.2 Å². The van der Waals surface area contributed by atoms with Gasteiger partial charge < -0.3 is 14.8 Å². The molecule has 2 aromatic carbocycles. The standard InChI is InChI=1S/C23H26N2O3S/c1-3-16(2)17-9-11-19(12-10-17)27-13-6-14-28-21-8-5-4-7-18(21)15-20-22(26)25-23(29)24-20/h4-5,7-12,15-16H,3,6,13-14H2,1-2H3,(H2,24,25,26,29)/b20-15-/t16-/m1/s1. The third-order valence-electron chi connectivity index (χ3n) is 4.82. The van der Waals surface area contributed by atoms with Crippen molar-refractivity contribution in [3.63, 3.8) is 0 Å². The Labute approximate surface area is 177 Å². The zero-order valence-corrected chi connectivity index (χ0v) is 17.6. The van der Waals surface area contributed by atoms with Gasteiger partial charge in [0.15, 0.2) is 5.11 Å². The van der Waals surface area contributed by atoms with E-state index in [1.807, 2.05) is 36.4 Å². The molecule has 0 unspecified atom stereocenters. The molecule has 0 aromatic heterocycles. The first-order valence-electron chi connectivity index (χ1n) is 9.85. The van der Waals surface area contributed by atoms with Gasteiger partial charge in [-0.15, -0.1) is 0 Å². The third-order valence-corrected chi connectivity index (χ3v) is 5.02. The summed E-state index contributed by atoms with van der Waals surface area (Å²) >= 11 is 4.96. The van der Waals surface area contributed by atoms with Crippen LogP contribution in [0.5, 0.6) is 11.5 Å². The second-order valence-electron chi connectivity index (χ2n) is 6.93. The normalized spacial score (nSPS) is 15.7. The van der Waals surface area contributed by atoms with E-state index in [-0.39, 0.29) is 5.91 Å². The molecule has 0 bridgehead atoms. The van der Waals surface area contributed by atoms with Crippen molar-refractivity contribution in [3.05, 3.63) is 65.4 Å². The SMILES string of the molecule is CC[C@@H](C)c1ccc(OCCCOc2ccccc2/C=C2\NC(=S)NC2=O)cc1. The Balaban J connectivity index is 1.48. The molecule has 0 spiro atoms. The van der Waals surface area contributed by atoms with Crippen molar-refractivity contribution in [1.29, 1.82) is 0 Å². The Bertz CT molecular complexity index is 893. The van der Waals surface area contributed by atoms with E-state index in [1.165, 1.54) is 5.56 Å². The maximum Gasteiger partial charge on any atom is 0.273 e. The van der Waals surface area contributed by atoms with E-state index in [9.17, 15) is 4.79 Å². The highest BCUT2D eigenvalue weighted by Crippen LogP contribution is 2.23. The van der Waals surface area contributed by atoms with Crippen LogP contribution in [0.15, 0.2) is 54.2 Å². The summed E-state index contributed by atoms with van der Waals surface area (Å²) < 4.78 is 11.7. The van der Waals surface area contributed by atoms with E-state index < -0.39 is 0 Å². The molecule has 0 saturated carbocycles. The van der Waals surface area contributed by atoms with E-state index in [2.05, 4.69) is 36.6 Å². The number of ether oxygens (including phenoxy) is 2. The van der Waals surface area contributed by atoms with Crippen LogP contribution in [0, 0.1) is 0 Å². The van der Waals surface area contributed by atoms with Gasteiger partial charge in [0.25, 0.3) is 5.91 Å². The first-order chi connectivity index (χ1) is 14.1. The maximum atomic E-state index is 11.8. The summed E-state index contributed by atoms with van der Waals surface area (Å²) in [5, 5.41) is 5.71. The summed E-state index contributed by atoms with van der Waals surface area (Å²) in [6.07, 6.45) is 3.61. The number of para-hydroxylation sites is 1. The quantitative estimate of drug-likeness (QED) is 0.365. The van der Waals surface area contributed by atoms with Crippen molar-refractivity contribution in [1.82, 2.24) is 10.6 Å². The predicted octanol–water partition coefficient (Wildman–Crippen LogP) is 4.39. The summed E-state index contributed by atoms with van der Waals surface area (Å²) in [6, 6.07) is 15.9.